The Morgan fingerprint density at radius 3 is 2.87 bits per heavy atom. The third-order valence-corrected chi connectivity index (χ3v) is 4.08. The van der Waals surface area contributed by atoms with Gasteiger partial charge in [-0.3, -0.25) is 4.90 Å². The molecule has 1 aliphatic heterocycles. The zero-order chi connectivity index (χ0) is 16.3. The van der Waals surface area contributed by atoms with E-state index in [1.54, 1.807) is 12.1 Å². The second-order valence-electron chi connectivity index (χ2n) is 6.07. The lowest BCUT2D eigenvalue weighted by Crippen LogP contribution is -2.39. The van der Waals surface area contributed by atoms with Crippen LogP contribution in [0.3, 0.4) is 0 Å². The quantitative estimate of drug-likeness (QED) is 0.885. The molecular formula is C17H21FN2O3. The number of ether oxygens (including phenoxy) is 1. The Morgan fingerprint density at radius 2 is 2.17 bits per heavy atom. The van der Waals surface area contributed by atoms with Crippen LogP contribution >= 0.6 is 0 Å². The molecule has 0 amide bonds. The summed E-state index contributed by atoms with van der Waals surface area (Å²) in [4.78, 5) is 2.12. The first-order chi connectivity index (χ1) is 11.1. The molecule has 6 heteroatoms. The molecule has 0 bridgehead atoms. The number of aliphatic hydroxyl groups is 1. The molecule has 5 nitrogen and oxygen atoms in total. The van der Waals surface area contributed by atoms with E-state index in [1.165, 1.54) is 12.1 Å². The Kier molecular flexibility index (Phi) is 4.63. The van der Waals surface area contributed by atoms with Gasteiger partial charge in [0.1, 0.15) is 23.8 Å². The summed E-state index contributed by atoms with van der Waals surface area (Å²) >= 11 is 0. The normalized spacial score (nSPS) is 21.7. The van der Waals surface area contributed by atoms with Gasteiger partial charge >= 0.3 is 0 Å². The van der Waals surface area contributed by atoms with E-state index < -0.39 is 5.60 Å². The van der Waals surface area contributed by atoms with E-state index in [2.05, 4.69) is 10.1 Å². The third kappa shape index (κ3) is 4.09. The van der Waals surface area contributed by atoms with Crippen LogP contribution in [0.1, 0.15) is 24.8 Å². The van der Waals surface area contributed by atoms with Crippen LogP contribution in [0.15, 0.2) is 34.9 Å². The lowest BCUT2D eigenvalue weighted by molar-refractivity contribution is 0.00284. The number of β-amino-alcohol motifs (C(OH)–C–C–N with tert-alkyl or cyclic N) is 1. The van der Waals surface area contributed by atoms with Gasteiger partial charge in [-0.15, -0.1) is 0 Å². The molecule has 23 heavy (non-hydrogen) atoms. The van der Waals surface area contributed by atoms with E-state index in [0.717, 1.165) is 24.4 Å². The van der Waals surface area contributed by atoms with Crippen molar-refractivity contribution in [3.05, 3.63) is 47.6 Å². The summed E-state index contributed by atoms with van der Waals surface area (Å²) < 4.78 is 23.7. The first kappa shape index (κ1) is 16.0. The molecule has 2 heterocycles. The number of benzene rings is 1. The first-order valence-electron chi connectivity index (χ1n) is 7.84. The van der Waals surface area contributed by atoms with E-state index in [0.29, 0.717) is 25.3 Å². The smallest absolute Gasteiger partial charge is 0.150 e. The molecule has 1 atom stereocenters. The van der Waals surface area contributed by atoms with Gasteiger partial charge in [0.25, 0.3) is 0 Å². The van der Waals surface area contributed by atoms with E-state index in [-0.39, 0.29) is 12.4 Å². The summed E-state index contributed by atoms with van der Waals surface area (Å²) in [6, 6.07) is 7.76. The number of hydrogen-bond donors (Lipinski definition) is 1. The van der Waals surface area contributed by atoms with Gasteiger partial charge in [-0.1, -0.05) is 12.1 Å². The minimum atomic E-state index is -0.901. The fourth-order valence-corrected chi connectivity index (χ4v) is 2.76. The molecule has 3 rings (SSSR count). The van der Waals surface area contributed by atoms with Crippen molar-refractivity contribution >= 4 is 0 Å². The van der Waals surface area contributed by atoms with Gasteiger partial charge in [0.2, 0.25) is 0 Å². The Labute approximate surface area is 134 Å². The summed E-state index contributed by atoms with van der Waals surface area (Å²) in [5.74, 6) is 1.06. The molecule has 0 radical (unpaired) electrons. The number of likely N-dealkylation sites (tertiary alicyclic amines) is 1. The van der Waals surface area contributed by atoms with E-state index in [9.17, 15) is 9.50 Å². The van der Waals surface area contributed by atoms with Gasteiger partial charge in [-0.25, -0.2) is 4.39 Å². The summed E-state index contributed by atoms with van der Waals surface area (Å²) in [7, 11) is 0. The van der Waals surface area contributed by atoms with Crippen LogP contribution < -0.4 is 4.74 Å². The van der Waals surface area contributed by atoms with Crippen LogP contribution in [0, 0.1) is 5.82 Å². The van der Waals surface area contributed by atoms with Crippen molar-refractivity contribution in [3.8, 4) is 5.75 Å². The van der Waals surface area contributed by atoms with Gasteiger partial charge in [0.15, 0.2) is 5.76 Å². The van der Waals surface area contributed by atoms with Crippen molar-refractivity contribution in [2.45, 2.75) is 31.9 Å². The summed E-state index contributed by atoms with van der Waals surface area (Å²) in [5, 5.41) is 14.6. The fourth-order valence-electron chi connectivity index (χ4n) is 2.76. The molecule has 1 aromatic heterocycles. The monoisotopic (exact) mass is 320 g/mol. The molecule has 2 aromatic rings. The highest BCUT2D eigenvalue weighted by Crippen LogP contribution is 2.24. The average Bonchev–Trinajstić information content (AvgIpc) is 3.14. The maximum atomic E-state index is 12.9. The molecule has 1 N–H and O–H groups in total. The number of aryl methyl sites for hydroxylation is 1. The van der Waals surface area contributed by atoms with Crippen LogP contribution in [0.5, 0.6) is 5.75 Å². The maximum absolute atomic E-state index is 12.9. The predicted octanol–water partition coefficient (Wildman–Crippen LogP) is 2.39. The predicted molar refractivity (Wildman–Crippen MR) is 82.6 cm³/mol. The van der Waals surface area contributed by atoms with Crippen molar-refractivity contribution in [1.82, 2.24) is 10.1 Å². The van der Waals surface area contributed by atoms with Crippen molar-refractivity contribution in [2.75, 3.05) is 19.7 Å². The molecular weight excluding hydrogens is 299 g/mol. The number of nitrogens with zero attached hydrogens (tertiary/aromatic N) is 2. The standard InChI is InChI=1S/C17H21FN2O3/c1-2-14-9-16(23-19-14)10-20-8-7-17(21,11-20)12-22-15-5-3-13(18)4-6-15/h3-6,9,21H,2,7-8,10-12H2,1H3. The zero-order valence-electron chi connectivity index (χ0n) is 13.2. The molecule has 0 aliphatic carbocycles. The molecule has 0 spiro atoms. The Morgan fingerprint density at radius 1 is 1.39 bits per heavy atom. The Hall–Kier alpha value is -1.92. The highest BCUT2D eigenvalue weighted by molar-refractivity contribution is 5.22. The number of halogens is 1. The van der Waals surface area contributed by atoms with Crippen molar-refractivity contribution in [1.29, 1.82) is 0 Å². The van der Waals surface area contributed by atoms with Gasteiger partial charge in [0, 0.05) is 19.2 Å². The van der Waals surface area contributed by atoms with Gasteiger partial charge in [0.05, 0.1) is 12.2 Å². The molecule has 0 saturated carbocycles. The van der Waals surface area contributed by atoms with Crippen molar-refractivity contribution < 1.29 is 18.8 Å². The lowest BCUT2D eigenvalue weighted by Gasteiger charge is -2.23. The van der Waals surface area contributed by atoms with Crippen molar-refractivity contribution in [3.63, 3.8) is 0 Å². The minimum Gasteiger partial charge on any atom is -0.491 e. The molecule has 1 fully saturated rings. The highest BCUT2D eigenvalue weighted by atomic mass is 19.1. The SMILES string of the molecule is CCc1cc(CN2CCC(O)(COc3ccc(F)cc3)C2)on1. The lowest BCUT2D eigenvalue weighted by atomic mass is 10.1. The topological polar surface area (TPSA) is 58.7 Å². The van der Waals surface area contributed by atoms with Crippen LogP contribution in [-0.2, 0) is 13.0 Å². The molecule has 1 aromatic carbocycles. The summed E-state index contributed by atoms with van der Waals surface area (Å²) in [6.07, 6.45) is 1.47. The molecule has 1 saturated heterocycles. The van der Waals surface area contributed by atoms with E-state index >= 15 is 0 Å². The average molecular weight is 320 g/mol. The molecule has 1 unspecified atom stereocenters. The third-order valence-electron chi connectivity index (χ3n) is 4.08. The first-order valence-corrected chi connectivity index (χ1v) is 7.84. The highest BCUT2D eigenvalue weighted by Gasteiger charge is 2.37. The minimum absolute atomic E-state index is 0.186. The maximum Gasteiger partial charge on any atom is 0.150 e. The second-order valence-corrected chi connectivity index (χ2v) is 6.07. The van der Waals surface area contributed by atoms with Gasteiger partial charge in [-0.2, -0.15) is 0 Å². The number of rotatable bonds is 6. The van der Waals surface area contributed by atoms with Crippen LogP contribution in [0.4, 0.5) is 4.39 Å². The van der Waals surface area contributed by atoms with Gasteiger partial charge in [-0.05, 0) is 37.1 Å². The number of hydrogen-bond acceptors (Lipinski definition) is 5. The van der Waals surface area contributed by atoms with Crippen LogP contribution in [-0.4, -0.2) is 40.5 Å². The zero-order valence-corrected chi connectivity index (χ0v) is 13.2. The molecule has 124 valence electrons. The fraction of sp³-hybridized carbons (Fsp3) is 0.471. The largest absolute Gasteiger partial charge is 0.491 e. The van der Waals surface area contributed by atoms with Crippen LogP contribution in [0.2, 0.25) is 0 Å². The Bertz CT molecular complexity index is 644. The second kappa shape index (κ2) is 6.68. The molecule has 1 aliphatic rings. The summed E-state index contributed by atoms with van der Waals surface area (Å²) in [6.45, 7) is 4.13. The van der Waals surface area contributed by atoms with Gasteiger partial charge < -0.3 is 14.4 Å². The van der Waals surface area contributed by atoms with E-state index in [4.69, 9.17) is 9.26 Å². The summed E-state index contributed by atoms with van der Waals surface area (Å²) in [5.41, 5.74) is 0.0382. The van der Waals surface area contributed by atoms with Crippen molar-refractivity contribution in [2.24, 2.45) is 0 Å². The number of aromatic nitrogens is 1. The Balaban J connectivity index is 1.51. The van der Waals surface area contributed by atoms with Crippen LogP contribution in [0.25, 0.3) is 0 Å². The van der Waals surface area contributed by atoms with E-state index in [1.807, 2.05) is 13.0 Å².